The van der Waals surface area contributed by atoms with Crippen LogP contribution in [0.2, 0.25) is 5.02 Å². The van der Waals surface area contributed by atoms with E-state index in [2.05, 4.69) is 24.0 Å². The van der Waals surface area contributed by atoms with Gasteiger partial charge in [-0.3, -0.25) is 4.99 Å². The van der Waals surface area contributed by atoms with Crippen LogP contribution < -0.4 is 0 Å². The molecular weight excluding hydrogens is 230 g/mol. The lowest BCUT2D eigenvalue weighted by molar-refractivity contribution is 0.825. The maximum atomic E-state index is 5.83. The van der Waals surface area contributed by atoms with Gasteiger partial charge in [0.25, 0.3) is 0 Å². The van der Waals surface area contributed by atoms with Gasteiger partial charge in [-0.2, -0.15) is 0 Å². The molecule has 2 heteroatoms. The molecule has 0 fully saturated rings. The number of aliphatic imine (C=N–C) groups is 1. The normalized spacial score (nSPS) is 12.8. The van der Waals surface area contributed by atoms with Crippen molar-refractivity contribution in [2.75, 3.05) is 0 Å². The number of rotatable bonds is 3. The quantitative estimate of drug-likeness (QED) is 0.703. The van der Waals surface area contributed by atoms with Crippen molar-refractivity contribution in [3.05, 3.63) is 70.7 Å². The SMILES string of the molecule is C[C@@H](N=Cc1ccc(Cl)cc1)c1ccccc1. The molecule has 0 aliphatic heterocycles. The van der Waals surface area contributed by atoms with Crippen molar-refractivity contribution in [3.8, 4) is 0 Å². The molecule has 0 unspecified atom stereocenters. The van der Waals surface area contributed by atoms with Gasteiger partial charge in [-0.15, -0.1) is 0 Å². The van der Waals surface area contributed by atoms with E-state index in [4.69, 9.17) is 11.6 Å². The average Bonchev–Trinajstić information content (AvgIpc) is 2.39. The molecule has 0 saturated heterocycles. The van der Waals surface area contributed by atoms with Gasteiger partial charge in [0.05, 0.1) is 6.04 Å². The molecule has 0 N–H and O–H groups in total. The molecule has 2 aromatic rings. The van der Waals surface area contributed by atoms with Gasteiger partial charge in [-0.25, -0.2) is 0 Å². The molecule has 1 nitrogen and oxygen atoms in total. The molecule has 2 aromatic carbocycles. The summed E-state index contributed by atoms with van der Waals surface area (Å²) in [5.74, 6) is 0. The van der Waals surface area contributed by atoms with Crippen molar-refractivity contribution in [1.82, 2.24) is 0 Å². The van der Waals surface area contributed by atoms with E-state index in [9.17, 15) is 0 Å². The second-order valence-corrected chi connectivity index (χ2v) is 4.35. The molecule has 0 saturated carbocycles. The Kier molecular flexibility index (Phi) is 3.94. The Balaban J connectivity index is 2.08. The molecule has 0 aliphatic rings. The van der Waals surface area contributed by atoms with Gasteiger partial charge >= 0.3 is 0 Å². The van der Waals surface area contributed by atoms with Crippen LogP contribution in [0, 0.1) is 0 Å². The summed E-state index contributed by atoms with van der Waals surface area (Å²) in [6, 6.07) is 18.1. The highest BCUT2D eigenvalue weighted by atomic mass is 35.5. The molecule has 0 bridgehead atoms. The topological polar surface area (TPSA) is 12.4 Å². The van der Waals surface area contributed by atoms with Gasteiger partial charge in [0.15, 0.2) is 0 Å². The molecule has 0 aromatic heterocycles. The van der Waals surface area contributed by atoms with Crippen molar-refractivity contribution in [1.29, 1.82) is 0 Å². The Morgan fingerprint density at radius 2 is 1.65 bits per heavy atom. The standard InChI is InChI=1S/C15H14ClN/c1-12(14-5-3-2-4-6-14)17-11-13-7-9-15(16)10-8-13/h2-12H,1H3/t12-/m1/s1. The van der Waals surface area contributed by atoms with E-state index in [0.717, 1.165) is 10.6 Å². The summed E-state index contributed by atoms with van der Waals surface area (Å²) in [5.41, 5.74) is 2.29. The van der Waals surface area contributed by atoms with Gasteiger partial charge in [0, 0.05) is 11.2 Å². The minimum absolute atomic E-state index is 0.173. The monoisotopic (exact) mass is 243 g/mol. The zero-order valence-electron chi connectivity index (χ0n) is 9.68. The highest BCUT2D eigenvalue weighted by Crippen LogP contribution is 2.16. The molecule has 0 amide bonds. The van der Waals surface area contributed by atoms with Crippen molar-refractivity contribution in [2.24, 2.45) is 4.99 Å². The fraction of sp³-hybridized carbons (Fsp3) is 0.133. The predicted octanol–water partition coefficient (Wildman–Crippen LogP) is 4.52. The second kappa shape index (κ2) is 5.65. The molecule has 17 heavy (non-hydrogen) atoms. The maximum absolute atomic E-state index is 5.83. The Hall–Kier alpha value is -1.60. The van der Waals surface area contributed by atoms with Gasteiger partial charge < -0.3 is 0 Å². The fourth-order valence-corrected chi connectivity index (χ4v) is 1.69. The van der Waals surface area contributed by atoms with Crippen LogP contribution in [0.4, 0.5) is 0 Å². The number of nitrogens with zero attached hydrogens (tertiary/aromatic N) is 1. The third-order valence-corrected chi connectivity index (χ3v) is 2.85. The Bertz CT molecular complexity index is 488. The van der Waals surface area contributed by atoms with Crippen LogP contribution in [0.25, 0.3) is 0 Å². The third-order valence-electron chi connectivity index (χ3n) is 2.60. The largest absolute Gasteiger partial charge is 0.285 e. The summed E-state index contributed by atoms with van der Waals surface area (Å²) < 4.78 is 0. The Morgan fingerprint density at radius 3 is 2.29 bits per heavy atom. The summed E-state index contributed by atoms with van der Waals surface area (Å²) in [4.78, 5) is 4.53. The van der Waals surface area contributed by atoms with Crippen molar-refractivity contribution in [3.63, 3.8) is 0 Å². The zero-order chi connectivity index (χ0) is 12.1. The van der Waals surface area contributed by atoms with Crippen LogP contribution in [-0.4, -0.2) is 6.21 Å². The van der Waals surface area contributed by atoms with E-state index in [1.54, 1.807) is 0 Å². The first-order valence-electron chi connectivity index (χ1n) is 5.59. The van der Waals surface area contributed by atoms with Crippen LogP contribution in [0.15, 0.2) is 59.6 Å². The first-order chi connectivity index (χ1) is 8.25. The number of hydrogen-bond acceptors (Lipinski definition) is 1. The molecule has 0 spiro atoms. The van der Waals surface area contributed by atoms with Crippen LogP contribution >= 0.6 is 11.6 Å². The van der Waals surface area contributed by atoms with Gasteiger partial charge in [0.1, 0.15) is 0 Å². The van der Waals surface area contributed by atoms with E-state index < -0.39 is 0 Å². The molecule has 1 atom stereocenters. The first-order valence-corrected chi connectivity index (χ1v) is 5.97. The molecule has 2 rings (SSSR count). The summed E-state index contributed by atoms with van der Waals surface area (Å²) in [7, 11) is 0. The van der Waals surface area contributed by atoms with Crippen LogP contribution in [0.3, 0.4) is 0 Å². The van der Waals surface area contributed by atoms with Crippen LogP contribution in [0.5, 0.6) is 0 Å². The molecular formula is C15H14ClN. The fourth-order valence-electron chi connectivity index (χ4n) is 1.56. The summed E-state index contributed by atoms with van der Waals surface area (Å²) in [5, 5.41) is 0.748. The molecule has 86 valence electrons. The van der Waals surface area contributed by atoms with E-state index in [0.29, 0.717) is 0 Å². The van der Waals surface area contributed by atoms with Gasteiger partial charge in [0.2, 0.25) is 0 Å². The Labute approximate surface area is 107 Å². The summed E-state index contributed by atoms with van der Waals surface area (Å²) >= 11 is 5.83. The lowest BCUT2D eigenvalue weighted by atomic mass is 10.1. The number of halogens is 1. The van der Waals surface area contributed by atoms with Crippen molar-refractivity contribution in [2.45, 2.75) is 13.0 Å². The minimum atomic E-state index is 0.173. The first kappa shape index (κ1) is 11.9. The van der Waals surface area contributed by atoms with Gasteiger partial charge in [-0.05, 0) is 30.2 Å². The molecule has 0 radical (unpaired) electrons. The van der Waals surface area contributed by atoms with E-state index in [-0.39, 0.29) is 6.04 Å². The lowest BCUT2D eigenvalue weighted by Gasteiger charge is -2.05. The van der Waals surface area contributed by atoms with Crippen molar-refractivity contribution >= 4 is 17.8 Å². The molecule has 0 aliphatic carbocycles. The lowest BCUT2D eigenvalue weighted by Crippen LogP contribution is -1.90. The van der Waals surface area contributed by atoms with Crippen LogP contribution in [0.1, 0.15) is 24.1 Å². The van der Waals surface area contributed by atoms with E-state index in [1.807, 2.05) is 48.7 Å². The zero-order valence-corrected chi connectivity index (χ0v) is 10.4. The summed E-state index contributed by atoms with van der Waals surface area (Å²) in [6.45, 7) is 2.09. The average molecular weight is 244 g/mol. The Morgan fingerprint density at radius 1 is 1.00 bits per heavy atom. The van der Waals surface area contributed by atoms with E-state index >= 15 is 0 Å². The van der Waals surface area contributed by atoms with E-state index in [1.165, 1.54) is 5.56 Å². The number of benzene rings is 2. The van der Waals surface area contributed by atoms with Gasteiger partial charge in [-0.1, -0.05) is 54.1 Å². The highest BCUT2D eigenvalue weighted by Gasteiger charge is 2.00. The second-order valence-electron chi connectivity index (χ2n) is 3.92. The highest BCUT2D eigenvalue weighted by molar-refractivity contribution is 6.30. The number of hydrogen-bond donors (Lipinski definition) is 0. The maximum Gasteiger partial charge on any atom is 0.0721 e. The minimum Gasteiger partial charge on any atom is -0.285 e. The van der Waals surface area contributed by atoms with Crippen LogP contribution in [-0.2, 0) is 0 Å². The van der Waals surface area contributed by atoms with Crippen molar-refractivity contribution < 1.29 is 0 Å². The molecule has 0 heterocycles. The summed E-state index contributed by atoms with van der Waals surface area (Å²) in [6.07, 6.45) is 1.88. The predicted molar refractivity (Wildman–Crippen MR) is 73.9 cm³/mol. The third kappa shape index (κ3) is 3.43. The smallest absolute Gasteiger partial charge is 0.0721 e.